The molecule has 1 heterocycles. The number of rotatable bonds is 6. The van der Waals surface area contributed by atoms with E-state index in [-0.39, 0.29) is 5.91 Å². The summed E-state index contributed by atoms with van der Waals surface area (Å²) < 4.78 is 4.90. The zero-order valence-corrected chi connectivity index (χ0v) is 9.04. The summed E-state index contributed by atoms with van der Waals surface area (Å²) in [5.74, 6) is 1.15. The van der Waals surface area contributed by atoms with E-state index in [2.05, 4.69) is 20.8 Å². The van der Waals surface area contributed by atoms with Crippen molar-refractivity contribution in [3.63, 3.8) is 0 Å². The Balaban J connectivity index is 2.13. The lowest BCUT2D eigenvalue weighted by Gasteiger charge is -2.02. The molecule has 0 aliphatic rings. The molecular weight excluding hydrogens is 196 g/mol. The molecule has 6 nitrogen and oxygen atoms in total. The number of nitrogens with zero attached hydrogens (tertiary/aromatic N) is 2. The lowest BCUT2D eigenvalue weighted by molar-refractivity contribution is -0.120. The van der Waals surface area contributed by atoms with Crippen LogP contribution in [0.15, 0.2) is 4.52 Å². The van der Waals surface area contributed by atoms with Crippen LogP contribution >= 0.6 is 0 Å². The van der Waals surface area contributed by atoms with Gasteiger partial charge in [0.15, 0.2) is 5.82 Å². The summed E-state index contributed by atoms with van der Waals surface area (Å²) in [5, 5.41) is 9.34. The van der Waals surface area contributed by atoms with Gasteiger partial charge in [0, 0.05) is 13.0 Å². The number of amides is 1. The van der Waals surface area contributed by atoms with Crippen LogP contribution in [0.3, 0.4) is 0 Å². The highest BCUT2D eigenvalue weighted by Crippen LogP contribution is 1.95. The van der Waals surface area contributed by atoms with Gasteiger partial charge in [0.1, 0.15) is 0 Å². The molecular formula is C9H16N4O2. The van der Waals surface area contributed by atoms with Crippen molar-refractivity contribution in [1.82, 2.24) is 20.8 Å². The molecule has 0 atom stereocenters. The van der Waals surface area contributed by atoms with Crippen molar-refractivity contribution in [3.8, 4) is 0 Å². The summed E-state index contributed by atoms with van der Waals surface area (Å²) >= 11 is 0. The number of hydrogen-bond donors (Lipinski definition) is 2. The lowest BCUT2D eigenvalue weighted by Crippen LogP contribution is -2.34. The topological polar surface area (TPSA) is 80.0 Å². The van der Waals surface area contributed by atoms with Crippen LogP contribution in [0.25, 0.3) is 0 Å². The molecule has 0 fully saturated rings. The van der Waals surface area contributed by atoms with Crippen LogP contribution < -0.4 is 10.6 Å². The van der Waals surface area contributed by atoms with Crippen LogP contribution in [0.2, 0.25) is 0 Å². The van der Waals surface area contributed by atoms with Gasteiger partial charge >= 0.3 is 0 Å². The molecule has 1 aromatic heterocycles. The normalized spacial score (nSPS) is 10.3. The average Bonchev–Trinajstić information content (AvgIpc) is 2.61. The van der Waals surface area contributed by atoms with Gasteiger partial charge in [0.05, 0.1) is 6.54 Å². The first-order chi connectivity index (χ1) is 7.22. The van der Waals surface area contributed by atoms with Gasteiger partial charge in [-0.25, -0.2) is 0 Å². The van der Waals surface area contributed by atoms with Crippen LogP contribution in [-0.4, -0.2) is 35.7 Å². The first kappa shape index (κ1) is 11.6. The zero-order valence-electron chi connectivity index (χ0n) is 9.04. The van der Waals surface area contributed by atoms with Crippen LogP contribution in [-0.2, 0) is 11.2 Å². The molecule has 0 aromatic carbocycles. The van der Waals surface area contributed by atoms with E-state index in [0.717, 1.165) is 6.54 Å². The molecule has 0 radical (unpaired) electrons. The van der Waals surface area contributed by atoms with Gasteiger partial charge < -0.3 is 15.2 Å². The molecule has 6 heteroatoms. The Bertz CT molecular complexity index is 311. The zero-order chi connectivity index (χ0) is 11.1. The molecule has 1 rings (SSSR count). The van der Waals surface area contributed by atoms with E-state index in [4.69, 9.17) is 4.52 Å². The SMILES string of the molecule is CCNCC(=O)NCCc1nc(C)no1. The van der Waals surface area contributed by atoms with Crippen LogP contribution in [0.1, 0.15) is 18.6 Å². The minimum absolute atomic E-state index is 0.0203. The van der Waals surface area contributed by atoms with Gasteiger partial charge in [-0.15, -0.1) is 0 Å². The Labute approximate surface area is 88.4 Å². The van der Waals surface area contributed by atoms with Gasteiger partial charge in [0.2, 0.25) is 11.8 Å². The van der Waals surface area contributed by atoms with E-state index in [9.17, 15) is 4.79 Å². The number of carbonyl (C=O) groups is 1. The molecule has 0 bridgehead atoms. The number of nitrogens with one attached hydrogen (secondary N) is 2. The molecule has 15 heavy (non-hydrogen) atoms. The molecule has 0 aliphatic heterocycles. The second kappa shape index (κ2) is 6.13. The van der Waals surface area contributed by atoms with Gasteiger partial charge in [-0.1, -0.05) is 12.1 Å². The maximum Gasteiger partial charge on any atom is 0.233 e. The van der Waals surface area contributed by atoms with Crippen molar-refractivity contribution in [2.24, 2.45) is 0 Å². The van der Waals surface area contributed by atoms with Crippen molar-refractivity contribution in [3.05, 3.63) is 11.7 Å². The van der Waals surface area contributed by atoms with Crippen molar-refractivity contribution in [1.29, 1.82) is 0 Å². The molecule has 0 saturated carbocycles. The Kier molecular flexibility index (Phi) is 4.76. The molecule has 1 amide bonds. The predicted octanol–water partition coefficient (Wildman–Crippen LogP) is -0.354. The fourth-order valence-corrected chi connectivity index (χ4v) is 1.05. The Morgan fingerprint density at radius 1 is 1.53 bits per heavy atom. The first-order valence-electron chi connectivity index (χ1n) is 4.99. The average molecular weight is 212 g/mol. The van der Waals surface area contributed by atoms with E-state index < -0.39 is 0 Å². The fourth-order valence-electron chi connectivity index (χ4n) is 1.05. The van der Waals surface area contributed by atoms with Crippen molar-refractivity contribution in [2.75, 3.05) is 19.6 Å². The van der Waals surface area contributed by atoms with Crippen molar-refractivity contribution < 1.29 is 9.32 Å². The minimum atomic E-state index is -0.0203. The van der Waals surface area contributed by atoms with Gasteiger partial charge in [-0.2, -0.15) is 4.98 Å². The van der Waals surface area contributed by atoms with Crippen LogP contribution in [0, 0.1) is 6.92 Å². The number of likely N-dealkylation sites (N-methyl/N-ethyl adjacent to an activating group) is 1. The van der Waals surface area contributed by atoms with Gasteiger partial charge in [-0.05, 0) is 13.5 Å². The Morgan fingerprint density at radius 3 is 2.93 bits per heavy atom. The van der Waals surface area contributed by atoms with Crippen LogP contribution in [0.5, 0.6) is 0 Å². The van der Waals surface area contributed by atoms with Crippen molar-refractivity contribution >= 4 is 5.91 Å². The van der Waals surface area contributed by atoms with Gasteiger partial charge in [0.25, 0.3) is 0 Å². The second-order valence-electron chi connectivity index (χ2n) is 3.12. The van der Waals surface area contributed by atoms with Crippen LogP contribution in [0.4, 0.5) is 0 Å². The molecule has 84 valence electrons. The number of hydrogen-bond acceptors (Lipinski definition) is 5. The maximum absolute atomic E-state index is 11.2. The largest absolute Gasteiger partial charge is 0.354 e. The summed E-state index contributed by atoms with van der Waals surface area (Å²) in [7, 11) is 0. The third kappa shape index (κ3) is 4.55. The molecule has 2 N–H and O–H groups in total. The number of carbonyl (C=O) groups excluding carboxylic acids is 1. The molecule has 0 saturated heterocycles. The Morgan fingerprint density at radius 2 is 2.33 bits per heavy atom. The van der Waals surface area contributed by atoms with E-state index in [0.29, 0.717) is 31.2 Å². The quantitative estimate of drug-likeness (QED) is 0.673. The third-order valence-electron chi connectivity index (χ3n) is 1.77. The number of aromatic nitrogens is 2. The lowest BCUT2D eigenvalue weighted by atomic mass is 10.4. The minimum Gasteiger partial charge on any atom is -0.354 e. The van der Waals surface area contributed by atoms with E-state index in [1.807, 2.05) is 6.92 Å². The summed E-state index contributed by atoms with van der Waals surface area (Å²) in [4.78, 5) is 15.2. The second-order valence-corrected chi connectivity index (χ2v) is 3.12. The van der Waals surface area contributed by atoms with Gasteiger partial charge in [-0.3, -0.25) is 4.79 Å². The highest BCUT2D eigenvalue weighted by molar-refractivity contribution is 5.77. The fraction of sp³-hybridized carbons (Fsp3) is 0.667. The first-order valence-corrected chi connectivity index (χ1v) is 4.99. The predicted molar refractivity (Wildman–Crippen MR) is 54.3 cm³/mol. The standard InChI is InChI=1S/C9H16N4O2/c1-3-10-6-8(14)11-5-4-9-12-7(2)13-15-9/h10H,3-6H2,1-2H3,(H,11,14). The summed E-state index contributed by atoms with van der Waals surface area (Å²) in [6.07, 6.45) is 0.568. The summed E-state index contributed by atoms with van der Waals surface area (Å²) in [6, 6.07) is 0. The van der Waals surface area contributed by atoms with E-state index in [1.54, 1.807) is 6.92 Å². The summed E-state index contributed by atoms with van der Waals surface area (Å²) in [5.41, 5.74) is 0. The number of aryl methyl sites for hydroxylation is 1. The smallest absolute Gasteiger partial charge is 0.233 e. The van der Waals surface area contributed by atoms with E-state index >= 15 is 0 Å². The Hall–Kier alpha value is -1.43. The maximum atomic E-state index is 11.2. The monoisotopic (exact) mass is 212 g/mol. The van der Waals surface area contributed by atoms with Crippen molar-refractivity contribution in [2.45, 2.75) is 20.3 Å². The molecule has 0 unspecified atom stereocenters. The highest BCUT2D eigenvalue weighted by Gasteiger charge is 2.03. The molecule has 0 aliphatic carbocycles. The van der Waals surface area contributed by atoms with E-state index in [1.165, 1.54) is 0 Å². The highest BCUT2D eigenvalue weighted by atomic mass is 16.5. The summed E-state index contributed by atoms with van der Waals surface area (Å²) in [6.45, 7) is 5.37. The molecule has 0 spiro atoms. The molecule has 1 aromatic rings. The third-order valence-corrected chi connectivity index (χ3v) is 1.77.